The van der Waals surface area contributed by atoms with Crippen LogP contribution in [-0.4, -0.2) is 24.4 Å². The number of thioether (sulfide) groups is 2. The van der Waals surface area contributed by atoms with E-state index in [-0.39, 0.29) is 5.78 Å². The van der Waals surface area contributed by atoms with Crippen LogP contribution in [0.15, 0.2) is 34.1 Å². The number of carbonyl (C=O) groups is 1. The normalized spacial score (nSPS) is 14.7. The van der Waals surface area contributed by atoms with E-state index in [4.69, 9.17) is 4.74 Å². The van der Waals surface area contributed by atoms with E-state index in [0.717, 1.165) is 28.4 Å². The predicted molar refractivity (Wildman–Crippen MR) is 79.3 cm³/mol. The molecule has 1 saturated heterocycles. The number of methoxy groups -OCH3 is 1. The molecule has 0 bridgehead atoms. The molecule has 0 saturated carbocycles. The van der Waals surface area contributed by atoms with Crippen LogP contribution >= 0.6 is 23.5 Å². The molecule has 0 aromatic heterocycles. The molecule has 1 heterocycles. The van der Waals surface area contributed by atoms with Crippen molar-refractivity contribution in [1.82, 2.24) is 0 Å². The van der Waals surface area contributed by atoms with Crippen molar-refractivity contribution in [3.8, 4) is 5.75 Å². The summed E-state index contributed by atoms with van der Waals surface area (Å²) in [6.07, 6.45) is 0.717. The summed E-state index contributed by atoms with van der Waals surface area (Å²) >= 11 is 3.61. The zero-order valence-corrected chi connectivity index (χ0v) is 12.2. The van der Waals surface area contributed by atoms with Crippen LogP contribution in [0.25, 0.3) is 0 Å². The van der Waals surface area contributed by atoms with Gasteiger partial charge in [0.25, 0.3) is 0 Å². The summed E-state index contributed by atoms with van der Waals surface area (Å²) < 4.78 is 6.34. The molecular weight excluding hydrogens is 264 g/mol. The first kappa shape index (κ1) is 13.6. The Morgan fingerprint density at radius 2 is 1.83 bits per heavy atom. The average Bonchev–Trinajstić information content (AvgIpc) is 2.90. The lowest BCUT2D eigenvalue weighted by molar-refractivity contribution is -0.113. The average molecular weight is 280 g/mol. The Bertz CT molecular complexity index is 455. The molecule has 1 fully saturated rings. The minimum Gasteiger partial charge on any atom is -0.497 e. The highest BCUT2D eigenvalue weighted by Crippen LogP contribution is 2.39. The molecule has 0 aliphatic carbocycles. The van der Waals surface area contributed by atoms with Gasteiger partial charge in [-0.05, 0) is 24.6 Å². The van der Waals surface area contributed by atoms with E-state index in [2.05, 4.69) is 0 Å². The van der Waals surface area contributed by atoms with Gasteiger partial charge in [-0.3, -0.25) is 4.79 Å². The van der Waals surface area contributed by atoms with Crippen molar-refractivity contribution in [2.75, 3.05) is 18.6 Å². The van der Waals surface area contributed by atoms with Gasteiger partial charge in [-0.15, -0.1) is 23.5 Å². The molecule has 0 atom stereocenters. The molecule has 2 rings (SSSR count). The van der Waals surface area contributed by atoms with Crippen molar-refractivity contribution in [1.29, 1.82) is 0 Å². The third-order valence-electron chi connectivity index (χ3n) is 2.76. The number of allylic oxidation sites excluding steroid dienone is 1. The van der Waals surface area contributed by atoms with Gasteiger partial charge in [-0.25, -0.2) is 0 Å². The second kappa shape index (κ2) is 6.34. The zero-order chi connectivity index (χ0) is 13.0. The number of benzene rings is 1. The minimum atomic E-state index is 0.183. The van der Waals surface area contributed by atoms with E-state index < -0.39 is 0 Å². The maximum Gasteiger partial charge on any atom is 0.157 e. The summed E-state index contributed by atoms with van der Waals surface area (Å²) in [7, 11) is 1.66. The number of hydrogen-bond acceptors (Lipinski definition) is 4. The summed E-state index contributed by atoms with van der Waals surface area (Å²) in [5.41, 5.74) is 2.11. The molecule has 18 heavy (non-hydrogen) atoms. The first-order valence-electron chi connectivity index (χ1n) is 5.83. The van der Waals surface area contributed by atoms with E-state index in [1.807, 2.05) is 24.3 Å². The Kier molecular flexibility index (Phi) is 4.78. The topological polar surface area (TPSA) is 26.3 Å². The Morgan fingerprint density at radius 3 is 2.33 bits per heavy atom. The SMILES string of the molecule is COc1ccc(CC(C(C)=O)=C2SCCS2)cc1. The third-order valence-corrected chi connectivity index (χ3v) is 5.56. The van der Waals surface area contributed by atoms with Crippen molar-refractivity contribution in [3.05, 3.63) is 39.6 Å². The first-order chi connectivity index (χ1) is 8.70. The Labute approximate surface area is 116 Å². The summed E-state index contributed by atoms with van der Waals surface area (Å²) in [6.45, 7) is 1.66. The molecule has 96 valence electrons. The lowest BCUT2D eigenvalue weighted by atomic mass is 10.0. The summed E-state index contributed by atoms with van der Waals surface area (Å²) in [5.74, 6) is 3.25. The number of Topliss-reactive ketones (excluding diaryl/α,β-unsaturated/α-hetero) is 1. The Morgan fingerprint density at radius 1 is 1.22 bits per heavy atom. The molecule has 0 N–H and O–H groups in total. The second-order valence-corrected chi connectivity index (χ2v) is 6.51. The van der Waals surface area contributed by atoms with Crippen molar-refractivity contribution in [3.63, 3.8) is 0 Å². The molecule has 0 unspecified atom stereocenters. The van der Waals surface area contributed by atoms with Crippen LogP contribution in [0.5, 0.6) is 5.75 Å². The molecule has 0 radical (unpaired) electrons. The number of hydrogen-bond donors (Lipinski definition) is 0. The molecule has 1 aromatic rings. The van der Waals surface area contributed by atoms with Crippen LogP contribution in [0.4, 0.5) is 0 Å². The standard InChI is InChI=1S/C14H16O2S2/c1-10(15)13(14-17-7-8-18-14)9-11-3-5-12(16-2)6-4-11/h3-6H,7-9H2,1-2H3. The fraction of sp³-hybridized carbons (Fsp3) is 0.357. The molecular formula is C14H16O2S2. The molecule has 2 nitrogen and oxygen atoms in total. The highest BCUT2D eigenvalue weighted by molar-refractivity contribution is 8.25. The zero-order valence-electron chi connectivity index (χ0n) is 10.6. The van der Waals surface area contributed by atoms with Gasteiger partial charge < -0.3 is 4.74 Å². The third kappa shape index (κ3) is 3.33. The first-order valence-corrected chi connectivity index (χ1v) is 7.80. The van der Waals surface area contributed by atoms with Gasteiger partial charge in [-0.1, -0.05) is 12.1 Å². The predicted octanol–water partition coefficient (Wildman–Crippen LogP) is 3.52. The second-order valence-electron chi connectivity index (χ2n) is 4.04. The van der Waals surface area contributed by atoms with E-state index in [1.165, 1.54) is 4.24 Å². The number of rotatable bonds is 4. The van der Waals surface area contributed by atoms with Crippen molar-refractivity contribution in [2.45, 2.75) is 13.3 Å². The van der Waals surface area contributed by atoms with E-state index >= 15 is 0 Å². The lowest BCUT2D eigenvalue weighted by Gasteiger charge is -2.08. The highest BCUT2D eigenvalue weighted by atomic mass is 32.2. The maximum absolute atomic E-state index is 11.7. The Hall–Kier alpha value is -0.870. The largest absolute Gasteiger partial charge is 0.497 e. The van der Waals surface area contributed by atoms with Crippen LogP contribution in [0.3, 0.4) is 0 Å². The molecule has 1 aliphatic rings. The Balaban J connectivity index is 2.18. The molecule has 0 amide bonds. The fourth-order valence-corrected chi connectivity index (χ4v) is 4.42. The number of ketones is 1. The molecule has 0 spiro atoms. The molecule has 4 heteroatoms. The van der Waals surface area contributed by atoms with Crippen LogP contribution < -0.4 is 4.74 Å². The summed E-state index contributed by atoms with van der Waals surface area (Å²) in [5, 5.41) is 0. The number of carbonyl (C=O) groups excluding carboxylic acids is 1. The van der Waals surface area contributed by atoms with Crippen LogP contribution in [-0.2, 0) is 11.2 Å². The monoisotopic (exact) mass is 280 g/mol. The minimum absolute atomic E-state index is 0.183. The summed E-state index contributed by atoms with van der Waals surface area (Å²) in [4.78, 5) is 11.7. The van der Waals surface area contributed by atoms with Gasteiger partial charge in [0.15, 0.2) is 5.78 Å². The quantitative estimate of drug-likeness (QED) is 0.788. The van der Waals surface area contributed by atoms with Crippen molar-refractivity contribution < 1.29 is 9.53 Å². The van der Waals surface area contributed by atoms with E-state index in [1.54, 1.807) is 37.6 Å². The number of ether oxygens (including phenoxy) is 1. The summed E-state index contributed by atoms with van der Waals surface area (Å²) in [6, 6.07) is 7.92. The lowest BCUT2D eigenvalue weighted by Crippen LogP contribution is -2.02. The van der Waals surface area contributed by atoms with Crippen LogP contribution in [0.2, 0.25) is 0 Å². The maximum atomic E-state index is 11.7. The van der Waals surface area contributed by atoms with E-state index in [9.17, 15) is 4.79 Å². The van der Waals surface area contributed by atoms with E-state index in [0.29, 0.717) is 6.42 Å². The molecule has 1 aromatic carbocycles. The van der Waals surface area contributed by atoms with Crippen molar-refractivity contribution >= 4 is 29.3 Å². The smallest absolute Gasteiger partial charge is 0.157 e. The van der Waals surface area contributed by atoms with Gasteiger partial charge >= 0.3 is 0 Å². The van der Waals surface area contributed by atoms with Crippen molar-refractivity contribution in [2.24, 2.45) is 0 Å². The van der Waals surface area contributed by atoms with Gasteiger partial charge in [0, 0.05) is 27.7 Å². The van der Waals surface area contributed by atoms with Gasteiger partial charge in [-0.2, -0.15) is 0 Å². The van der Waals surface area contributed by atoms with Gasteiger partial charge in [0.05, 0.1) is 7.11 Å². The van der Waals surface area contributed by atoms with Gasteiger partial charge in [0.1, 0.15) is 5.75 Å². The molecule has 1 aliphatic heterocycles. The van der Waals surface area contributed by atoms with Crippen LogP contribution in [0, 0.1) is 0 Å². The highest BCUT2D eigenvalue weighted by Gasteiger charge is 2.17. The fourth-order valence-electron chi connectivity index (χ4n) is 1.77. The van der Waals surface area contributed by atoms with Gasteiger partial charge in [0.2, 0.25) is 0 Å². The van der Waals surface area contributed by atoms with Crippen LogP contribution in [0.1, 0.15) is 12.5 Å².